The van der Waals surface area contributed by atoms with Crippen molar-refractivity contribution in [3.8, 4) is 5.75 Å². The van der Waals surface area contributed by atoms with Gasteiger partial charge in [0.15, 0.2) is 0 Å². The highest BCUT2D eigenvalue weighted by Crippen LogP contribution is 2.27. The van der Waals surface area contributed by atoms with Gasteiger partial charge in [-0.1, -0.05) is 18.2 Å². The normalized spacial score (nSPS) is 25.4. The van der Waals surface area contributed by atoms with Crippen LogP contribution in [0.15, 0.2) is 24.3 Å². The molecule has 1 aromatic rings. The van der Waals surface area contributed by atoms with Gasteiger partial charge in [-0.3, -0.25) is 0 Å². The molecule has 0 amide bonds. The number of hydrogen-bond acceptors (Lipinski definition) is 2. The lowest BCUT2D eigenvalue weighted by Crippen LogP contribution is -2.29. The van der Waals surface area contributed by atoms with Gasteiger partial charge in [0.25, 0.3) is 0 Å². The van der Waals surface area contributed by atoms with Crippen LogP contribution in [0.2, 0.25) is 0 Å². The zero-order chi connectivity index (χ0) is 11.4. The third-order valence-corrected chi connectivity index (χ3v) is 3.63. The number of hydrogen-bond donors (Lipinski definition) is 0. The molecule has 2 atom stereocenters. The molecule has 1 saturated heterocycles. The Hall–Kier alpha value is -0.730. The van der Waals surface area contributed by atoms with Gasteiger partial charge < -0.3 is 9.47 Å². The lowest BCUT2D eigenvalue weighted by atomic mass is 9.93. The quantitative estimate of drug-likeness (QED) is 0.757. The molecule has 0 radical (unpaired) electrons. The van der Waals surface area contributed by atoms with E-state index in [1.807, 2.05) is 18.2 Å². The van der Waals surface area contributed by atoms with Gasteiger partial charge in [-0.25, -0.2) is 0 Å². The Labute approximate surface area is 102 Å². The first-order valence-electron chi connectivity index (χ1n) is 5.65. The van der Waals surface area contributed by atoms with Crippen LogP contribution in [0.5, 0.6) is 5.75 Å². The van der Waals surface area contributed by atoms with Gasteiger partial charge in [-0.15, -0.1) is 11.6 Å². The van der Waals surface area contributed by atoms with E-state index in [2.05, 4.69) is 6.07 Å². The van der Waals surface area contributed by atoms with Gasteiger partial charge >= 0.3 is 0 Å². The van der Waals surface area contributed by atoms with Gasteiger partial charge in [0.1, 0.15) is 5.75 Å². The summed E-state index contributed by atoms with van der Waals surface area (Å²) in [6, 6.07) is 8.10. The number of benzene rings is 1. The molecule has 88 valence electrons. The van der Waals surface area contributed by atoms with Crippen molar-refractivity contribution < 1.29 is 9.47 Å². The summed E-state index contributed by atoms with van der Waals surface area (Å²) in [6.45, 7) is 1.54. The Kier molecular flexibility index (Phi) is 4.08. The summed E-state index contributed by atoms with van der Waals surface area (Å²) in [5, 5.41) is 0.221. The molecule has 0 saturated carbocycles. The van der Waals surface area contributed by atoms with E-state index < -0.39 is 0 Å². The first-order chi connectivity index (χ1) is 7.81. The maximum absolute atomic E-state index is 6.31. The lowest BCUT2D eigenvalue weighted by molar-refractivity contribution is 0.0576. The molecule has 1 aliphatic heterocycles. The lowest BCUT2D eigenvalue weighted by Gasteiger charge is -2.27. The van der Waals surface area contributed by atoms with Gasteiger partial charge in [-0.05, 0) is 24.5 Å². The predicted molar refractivity (Wildman–Crippen MR) is 65.3 cm³/mol. The average Bonchev–Trinajstić information content (AvgIpc) is 2.33. The molecule has 1 fully saturated rings. The molecule has 1 heterocycles. The second kappa shape index (κ2) is 5.55. The zero-order valence-electron chi connectivity index (χ0n) is 9.49. The molecule has 0 aromatic heterocycles. The minimum atomic E-state index is 0.221. The molecular weight excluding hydrogens is 224 g/mol. The molecule has 0 aliphatic carbocycles. The Morgan fingerprint density at radius 3 is 3.00 bits per heavy atom. The van der Waals surface area contributed by atoms with Crippen LogP contribution >= 0.6 is 11.6 Å². The highest BCUT2D eigenvalue weighted by molar-refractivity contribution is 6.20. The Balaban J connectivity index is 2.07. The van der Waals surface area contributed by atoms with Crippen molar-refractivity contribution in [3.63, 3.8) is 0 Å². The summed E-state index contributed by atoms with van der Waals surface area (Å²) in [5.41, 5.74) is 1.21. The molecule has 0 spiro atoms. The summed E-state index contributed by atoms with van der Waals surface area (Å²) in [7, 11) is 1.70. The Morgan fingerprint density at radius 2 is 2.25 bits per heavy atom. The Morgan fingerprint density at radius 1 is 1.44 bits per heavy atom. The van der Waals surface area contributed by atoms with Crippen LogP contribution in [0.3, 0.4) is 0 Å². The average molecular weight is 241 g/mol. The van der Waals surface area contributed by atoms with E-state index >= 15 is 0 Å². The van der Waals surface area contributed by atoms with E-state index in [9.17, 15) is 0 Å². The molecule has 0 N–H and O–H groups in total. The summed E-state index contributed by atoms with van der Waals surface area (Å²) >= 11 is 6.31. The van der Waals surface area contributed by atoms with Crippen LogP contribution in [0.1, 0.15) is 12.0 Å². The summed E-state index contributed by atoms with van der Waals surface area (Å²) in [6.07, 6.45) is 1.87. The largest absolute Gasteiger partial charge is 0.496 e. The van der Waals surface area contributed by atoms with Crippen LogP contribution in [0.25, 0.3) is 0 Å². The third-order valence-electron chi connectivity index (χ3n) is 3.06. The number of alkyl halides is 1. The first-order valence-corrected chi connectivity index (χ1v) is 6.08. The van der Waals surface area contributed by atoms with Crippen LogP contribution in [-0.4, -0.2) is 25.7 Å². The van der Waals surface area contributed by atoms with Gasteiger partial charge in [-0.2, -0.15) is 0 Å². The maximum atomic E-state index is 6.31. The number of ether oxygens (including phenoxy) is 2. The first kappa shape index (κ1) is 11.7. The number of para-hydroxylation sites is 1. The highest BCUT2D eigenvalue weighted by atomic mass is 35.5. The number of methoxy groups -OCH3 is 1. The zero-order valence-corrected chi connectivity index (χ0v) is 10.2. The van der Waals surface area contributed by atoms with Gasteiger partial charge in [0.2, 0.25) is 0 Å². The molecule has 1 aliphatic rings. The van der Waals surface area contributed by atoms with E-state index in [0.717, 1.165) is 31.8 Å². The van der Waals surface area contributed by atoms with Crippen LogP contribution in [0, 0.1) is 5.92 Å². The Bertz CT molecular complexity index is 340. The second-order valence-electron chi connectivity index (χ2n) is 4.16. The predicted octanol–water partition coefficient (Wildman–Crippen LogP) is 2.88. The standard InChI is InChI=1S/C13H17ClO2/c1-15-13-5-3-2-4-10(13)8-11-9-16-7-6-12(11)14/h2-5,11-12H,6-9H2,1H3. The molecule has 16 heavy (non-hydrogen) atoms. The molecule has 3 heteroatoms. The molecule has 0 bridgehead atoms. The SMILES string of the molecule is COc1ccccc1CC1COCCC1Cl. The van der Waals surface area contributed by atoms with Crippen molar-refractivity contribution >= 4 is 11.6 Å². The van der Waals surface area contributed by atoms with Crippen molar-refractivity contribution in [1.29, 1.82) is 0 Å². The fourth-order valence-corrected chi connectivity index (χ4v) is 2.36. The molecule has 2 rings (SSSR count). The molecular formula is C13H17ClO2. The molecule has 2 nitrogen and oxygen atoms in total. The van der Waals surface area contributed by atoms with Crippen LogP contribution < -0.4 is 4.74 Å². The number of halogens is 1. The van der Waals surface area contributed by atoms with Gasteiger partial charge in [0, 0.05) is 17.9 Å². The summed E-state index contributed by atoms with van der Waals surface area (Å²) < 4.78 is 10.8. The third kappa shape index (κ3) is 2.69. The van der Waals surface area contributed by atoms with Crippen molar-refractivity contribution in [2.45, 2.75) is 18.2 Å². The van der Waals surface area contributed by atoms with E-state index in [0.29, 0.717) is 5.92 Å². The minimum absolute atomic E-state index is 0.221. The van der Waals surface area contributed by atoms with E-state index in [1.54, 1.807) is 7.11 Å². The van der Waals surface area contributed by atoms with E-state index in [-0.39, 0.29) is 5.38 Å². The van der Waals surface area contributed by atoms with Crippen LogP contribution in [0.4, 0.5) is 0 Å². The van der Waals surface area contributed by atoms with Crippen molar-refractivity contribution in [1.82, 2.24) is 0 Å². The molecule has 2 unspecified atom stereocenters. The maximum Gasteiger partial charge on any atom is 0.122 e. The fourth-order valence-electron chi connectivity index (χ4n) is 2.11. The number of rotatable bonds is 3. The summed E-state index contributed by atoms with van der Waals surface area (Å²) in [4.78, 5) is 0. The van der Waals surface area contributed by atoms with Crippen molar-refractivity contribution in [2.24, 2.45) is 5.92 Å². The van der Waals surface area contributed by atoms with Crippen molar-refractivity contribution in [2.75, 3.05) is 20.3 Å². The van der Waals surface area contributed by atoms with E-state index in [4.69, 9.17) is 21.1 Å². The van der Waals surface area contributed by atoms with Gasteiger partial charge in [0.05, 0.1) is 13.7 Å². The topological polar surface area (TPSA) is 18.5 Å². The highest BCUT2D eigenvalue weighted by Gasteiger charge is 2.24. The smallest absolute Gasteiger partial charge is 0.122 e. The summed E-state index contributed by atoms with van der Waals surface area (Å²) in [5.74, 6) is 1.34. The van der Waals surface area contributed by atoms with E-state index in [1.165, 1.54) is 5.56 Å². The second-order valence-corrected chi connectivity index (χ2v) is 4.72. The molecule has 1 aromatic carbocycles. The van der Waals surface area contributed by atoms with Crippen LogP contribution in [-0.2, 0) is 11.2 Å². The fraction of sp³-hybridized carbons (Fsp3) is 0.538. The van der Waals surface area contributed by atoms with Crippen molar-refractivity contribution in [3.05, 3.63) is 29.8 Å². The minimum Gasteiger partial charge on any atom is -0.496 e. The monoisotopic (exact) mass is 240 g/mol.